The Kier molecular flexibility index (Phi) is 2.24. The Morgan fingerprint density at radius 3 is 2.94 bits per heavy atom. The van der Waals surface area contributed by atoms with Gasteiger partial charge in [0.2, 0.25) is 0 Å². The minimum Gasteiger partial charge on any atom is -0.483 e. The average Bonchev–Trinajstić information content (AvgIpc) is 3.07. The van der Waals surface area contributed by atoms with Crippen LogP contribution < -0.4 is 9.64 Å². The van der Waals surface area contributed by atoms with E-state index in [0.29, 0.717) is 13.2 Å². The summed E-state index contributed by atoms with van der Waals surface area (Å²) in [5.41, 5.74) is 0.657. The quantitative estimate of drug-likeness (QED) is 0.748. The molecule has 0 aromatic heterocycles. The normalized spacial score (nSPS) is 19.5. The molecule has 0 N–H and O–H groups in total. The summed E-state index contributed by atoms with van der Waals surface area (Å²) < 4.78 is 11.0. The van der Waals surface area contributed by atoms with Crippen LogP contribution in [0.5, 0.6) is 5.75 Å². The molecule has 1 saturated carbocycles. The Morgan fingerprint density at radius 2 is 2.24 bits per heavy atom. The van der Waals surface area contributed by atoms with Crippen LogP contribution in [0.4, 0.5) is 10.5 Å². The monoisotopic (exact) mass is 233 g/mol. The fraction of sp³-hybridized carbons (Fsp3) is 0.462. The molecule has 1 spiro atoms. The van der Waals surface area contributed by atoms with E-state index in [1.807, 2.05) is 31.2 Å². The predicted octanol–water partition coefficient (Wildman–Crippen LogP) is 2.57. The lowest BCUT2D eigenvalue weighted by Gasteiger charge is -2.34. The van der Waals surface area contributed by atoms with Crippen LogP contribution in [0.3, 0.4) is 0 Å². The molecule has 1 aliphatic carbocycles. The largest absolute Gasteiger partial charge is 0.483 e. The number of fused-ring (bicyclic) bond motifs is 1. The van der Waals surface area contributed by atoms with Crippen molar-refractivity contribution in [3.8, 4) is 5.75 Å². The lowest BCUT2D eigenvalue weighted by Crippen LogP contribution is -2.45. The number of amides is 1. The SMILES string of the molecule is CCOC(=O)N1CC2(CC2)Oc2ccccc21. The molecule has 4 nitrogen and oxygen atoms in total. The first-order valence-electron chi connectivity index (χ1n) is 5.96. The zero-order chi connectivity index (χ0) is 11.9. The molecular weight excluding hydrogens is 218 g/mol. The van der Waals surface area contributed by atoms with Gasteiger partial charge in [-0.2, -0.15) is 0 Å². The highest BCUT2D eigenvalue weighted by Gasteiger charge is 2.51. The van der Waals surface area contributed by atoms with Crippen molar-refractivity contribution in [2.45, 2.75) is 25.4 Å². The number of nitrogens with zero attached hydrogens (tertiary/aromatic N) is 1. The third-order valence-electron chi connectivity index (χ3n) is 3.22. The number of rotatable bonds is 1. The molecule has 2 aliphatic rings. The van der Waals surface area contributed by atoms with Crippen molar-refractivity contribution in [1.29, 1.82) is 0 Å². The van der Waals surface area contributed by atoms with E-state index in [4.69, 9.17) is 9.47 Å². The molecule has 0 atom stereocenters. The molecule has 0 bridgehead atoms. The summed E-state index contributed by atoms with van der Waals surface area (Å²) in [6.45, 7) is 2.81. The van der Waals surface area contributed by atoms with Crippen molar-refractivity contribution in [3.05, 3.63) is 24.3 Å². The highest BCUT2D eigenvalue weighted by atomic mass is 16.6. The lowest BCUT2D eigenvalue weighted by molar-refractivity contribution is 0.138. The molecule has 0 saturated heterocycles. The number of anilines is 1. The first-order valence-corrected chi connectivity index (χ1v) is 5.96. The van der Waals surface area contributed by atoms with Crippen molar-refractivity contribution in [1.82, 2.24) is 0 Å². The second-order valence-electron chi connectivity index (χ2n) is 4.54. The first kappa shape index (κ1) is 10.4. The minimum atomic E-state index is -0.283. The standard InChI is InChI=1S/C13H15NO3/c1-2-16-12(15)14-9-13(7-8-13)17-11-6-4-3-5-10(11)14/h3-6H,2,7-9H2,1H3. The summed E-state index contributed by atoms with van der Waals surface area (Å²) in [5, 5.41) is 0. The van der Waals surface area contributed by atoms with Gasteiger partial charge in [0.1, 0.15) is 11.4 Å². The van der Waals surface area contributed by atoms with Gasteiger partial charge in [-0.15, -0.1) is 0 Å². The van der Waals surface area contributed by atoms with Crippen LogP contribution in [0, 0.1) is 0 Å². The van der Waals surface area contributed by atoms with Gasteiger partial charge >= 0.3 is 6.09 Å². The Balaban J connectivity index is 1.95. The summed E-state index contributed by atoms with van der Waals surface area (Å²) in [5.74, 6) is 0.782. The number of benzene rings is 1. The van der Waals surface area contributed by atoms with Gasteiger partial charge in [0.05, 0.1) is 18.8 Å². The molecule has 90 valence electrons. The van der Waals surface area contributed by atoms with Gasteiger partial charge in [-0.3, -0.25) is 4.90 Å². The van der Waals surface area contributed by atoms with Crippen LogP contribution in [-0.2, 0) is 4.74 Å². The maximum atomic E-state index is 11.9. The third kappa shape index (κ3) is 1.73. The fourth-order valence-electron chi connectivity index (χ4n) is 2.17. The van der Waals surface area contributed by atoms with Crippen LogP contribution in [0.1, 0.15) is 19.8 Å². The number of ether oxygens (including phenoxy) is 2. The van der Waals surface area contributed by atoms with Crippen molar-refractivity contribution < 1.29 is 14.3 Å². The highest BCUT2D eigenvalue weighted by Crippen LogP contribution is 2.48. The van der Waals surface area contributed by atoms with E-state index in [-0.39, 0.29) is 11.7 Å². The van der Waals surface area contributed by atoms with Crippen molar-refractivity contribution in [2.75, 3.05) is 18.1 Å². The van der Waals surface area contributed by atoms with E-state index in [1.54, 1.807) is 4.90 Å². The number of hydrogen-bond acceptors (Lipinski definition) is 3. The molecule has 1 aromatic carbocycles. The van der Waals surface area contributed by atoms with Gasteiger partial charge in [-0.05, 0) is 31.9 Å². The van der Waals surface area contributed by atoms with E-state index in [9.17, 15) is 4.79 Å². The van der Waals surface area contributed by atoms with E-state index in [0.717, 1.165) is 24.3 Å². The van der Waals surface area contributed by atoms with E-state index in [2.05, 4.69) is 0 Å². The summed E-state index contributed by atoms with van der Waals surface area (Å²) in [6, 6.07) is 7.62. The maximum Gasteiger partial charge on any atom is 0.414 e. The van der Waals surface area contributed by atoms with Crippen LogP contribution >= 0.6 is 0 Å². The number of para-hydroxylation sites is 2. The van der Waals surface area contributed by atoms with Crippen LogP contribution in [0.25, 0.3) is 0 Å². The van der Waals surface area contributed by atoms with Crippen molar-refractivity contribution in [3.63, 3.8) is 0 Å². The van der Waals surface area contributed by atoms with Crippen molar-refractivity contribution in [2.24, 2.45) is 0 Å². The lowest BCUT2D eigenvalue weighted by atomic mass is 10.2. The van der Waals surface area contributed by atoms with E-state index in [1.165, 1.54) is 0 Å². The number of carbonyl (C=O) groups is 1. The molecule has 1 amide bonds. The van der Waals surface area contributed by atoms with Gasteiger partial charge in [0, 0.05) is 0 Å². The molecule has 1 heterocycles. The predicted molar refractivity (Wildman–Crippen MR) is 63.4 cm³/mol. The fourth-order valence-corrected chi connectivity index (χ4v) is 2.17. The second kappa shape index (κ2) is 3.65. The Hall–Kier alpha value is -1.71. The van der Waals surface area contributed by atoms with Gasteiger partial charge in [0.25, 0.3) is 0 Å². The Labute approximate surface area is 100 Å². The van der Waals surface area contributed by atoms with Gasteiger partial charge in [-0.1, -0.05) is 12.1 Å². The molecule has 4 heteroatoms. The topological polar surface area (TPSA) is 38.8 Å². The maximum absolute atomic E-state index is 11.9. The van der Waals surface area contributed by atoms with Gasteiger partial charge < -0.3 is 9.47 Å². The van der Waals surface area contributed by atoms with E-state index < -0.39 is 0 Å². The smallest absolute Gasteiger partial charge is 0.414 e. The summed E-state index contributed by atoms with van der Waals surface area (Å²) in [4.78, 5) is 13.6. The van der Waals surface area contributed by atoms with Gasteiger partial charge in [-0.25, -0.2) is 4.79 Å². The number of carbonyl (C=O) groups excluding carboxylic acids is 1. The molecule has 1 fully saturated rings. The molecule has 3 rings (SSSR count). The second-order valence-corrected chi connectivity index (χ2v) is 4.54. The summed E-state index contributed by atoms with van der Waals surface area (Å²) in [7, 11) is 0. The molecule has 0 unspecified atom stereocenters. The minimum absolute atomic E-state index is 0.152. The highest BCUT2D eigenvalue weighted by molar-refractivity contribution is 5.90. The van der Waals surface area contributed by atoms with Gasteiger partial charge in [0.15, 0.2) is 0 Å². The van der Waals surface area contributed by atoms with Crippen LogP contribution in [-0.4, -0.2) is 24.8 Å². The third-order valence-corrected chi connectivity index (χ3v) is 3.22. The number of hydrogen-bond donors (Lipinski definition) is 0. The molecule has 1 aromatic rings. The zero-order valence-corrected chi connectivity index (χ0v) is 9.81. The molecule has 0 radical (unpaired) electrons. The van der Waals surface area contributed by atoms with E-state index >= 15 is 0 Å². The first-order chi connectivity index (χ1) is 8.24. The molecule has 1 aliphatic heterocycles. The van der Waals surface area contributed by atoms with Crippen LogP contribution in [0.2, 0.25) is 0 Å². The van der Waals surface area contributed by atoms with Crippen LogP contribution in [0.15, 0.2) is 24.3 Å². The Bertz CT molecular complexity index is 454. The summed E-state index contributed by atoms with van der Waals surface area (Å²) in [6.07, 6.45) is 1.74. The average molecular weight is 233 g/mol. The summed E-state index contributed by atoms with van der Waals surface area (Å²) >= 11 is 0. The molecule has 17 heavy (non-hydrogen) atoms. The Morgan fingerprint density at radius 1 is 1.47 bits per heavy atom. The molecular formula is C13H15NO3. The van der Waals surface area contributed by atoms with Crippen molar-refractivity contribution >= 4 is 11.8 Å². The zero-order valence-electron chi connectivity index (χ0n) is 9.81.